The van der Waals surface area contributed by atoms with Crippen LogP contribution in [-0.4, -0.2) is 45.4 Å². The molecule has 8 heteroatoms. The van der Waals surface area contributed by atoms with Gasteiger partial charge in [-0.05, 0) is 70.1 Å². The quantitative estimate of drug-likeness (QED) is 0.743. The number of hydrogen-bond donors (Lipinski definition) is 1. The molecule has 0 bridgehead atoms. The van der Waals surface area contributed by atoms with E-state index in [1.807, 2.05) is 31.6 Å². The largest absolute Gasteiger partial charge is 0.444 e. The maximum Gasteiger partial charge on any atom is 0.410 e. The summed E-state index contributed by atoms with van der Waals surface area (Å²) in [6, 6.07) is 4.37. The molecule has 2 amide bonds. The minimum absolute atomic E-state index is 0.117. The van der Waals surface area contributed by atoms with Gasteiger partial charge in [0, 0.05) is 31.4 Å². The Bertz CT molecular complexity index is 927. The second-order valence-corrected chi connectivity index (χ2v) is 9.10. The van der Waals surface area contributed by atoms with Crippen molar-refractivity contribution in [2.24, 2.45) is 11.7 Å². The monoisotopic (exact) mass is 430 g/mol. The Kier molecular flexibility index (Phi) is 6.97. The van der Waals surface area contributed by atoms with Crippen LogP contribution in [0.3, 0.4) is 0 Å². The van der Waals surface area contributed by atoms with E-state index < -0.39 is 17.3 Å². The van der Waals surface area contributed by atoms with Gasteiger partial charge in [0.05, 0.1) is 11.8 Å². The molecule has 1 aliphatic heterocycles. The molecule has 168 valence electrons. The molecule has 31 heavy (non-hydrogen) atoms. The number of aryl methyl sites for hydroxylation is 1. The van der Waals surface area contributed by atoms with Gasteiger partial charge in [-0.25, -0.2) is 9.18 Å². The van der Waals surface area contributed by atoms with E-state index in [0.717, 1.165) is 50.9 Å². The van der Waals surface area contributed by atoms with E-state index in [2.05, 4.69) is 5.10 Å². The van der Waals surface area contributed by atoms with Gasteiger partial charge in [-0.3, -0.25) is 9.48 Å². The summed E-state index contributed by atoms with van der Waals surface area (Å²) in [5.74, 6) is -0.823. The lowest BCUT2D eigenvalue weighted by molar-refractivity contribution is 0.0180. The third kappa shape index (κ3) is 6.29. The average Bonchev–Trinajstić information content (AvgIpc) is 3.16. The Morgan fingerprint density at radius 1 is 1.23 bits per heavy atom. The van der Waals surface area contributed by atoms with Crippen molar-refractivity contribution >= 4 is 12.0 Å². The highest BCUT2D eigenvalue weighted by molar-refractivity contribution is 5.93. The van der Waals surface area contributed by atoms with Crippen LogP contribution < -0.4 is 5.73 Å². The number of halogens is 1. The van der Waals surface area contributed by atoms with Crippen molar-refractivity contribution in [3.63, 3.8) is 0 Å². The second-order valence-electron chi connectivity index (χ2n) is 9.10. The molecule has 0 atom stereocenters. The van der Waals surface area contributed by atoms with Gasteiger partial charge in [0.25, 0.3) is 5.91 Å². The Balaban J connectivity index is 1.44. The molecule has 0 spiro atoms. The van der Waals surface area contributed by atoms with Crippen molar-refractivity contribution in [3.05, 3.63) is 42.0 Å². The van der Waals surface area contributed by atoms with Crippen molar-refractivity contribution in [2.75, 3.05) is 13.1 Å². The molecular weight excluding hydrogens is 399 g/mol. The van der Waals surface area contributed by atoms with E-state index in [1.54, 1.807) is 17.2 Å². The number of nitrogens with two attached hydrogens (primary N) is 1. The van der Waals surface area contributed by atoms with Gasteiger partial charge in [0.15, 0.2) is 0 Å². The topological polar surface area (TPSA) is 90.5 Å². The van der Waals surface area contributed by atoms with Crippen molar-refractivity contribution in [3.8, 4) is 11.1 Å². The van der Waals surface area contributed by atoms with E-state index in [-0.39, 0.29) is 11.7 Å². The second kappa shape index (κ2) is 9.49. The van der Waals surface area contributed by atoms with Crippen LogP contribution in [0.2, 0.25) is 0 Å². The summed E-state index contributed by atoms with van der Waals surface area (Å²) in [7, 11) is 0. The average molecular weight is 431 g/mol. The Morgan fingerprint density at radius 2 is 1.94 bits per heavy atom. The first-order valence-corrected chi connectivity index (χ1v) is 10.7. The standard InChI is InChI=1S/C23H31FN4O3/c1-23(2,3)31-22(30)27-11-8-16(9-12-27)5-4-10-28-15-18(14-26-28)17-6-7-19(21(25)29)20(24)13-17/h6-7,13-16H,4-5,8-12H2,1-3H3,(H2,25,29). The molecule has 0 radical (unpaired) electrons. The third-order valence-corrected chi connectivity index (χ3v) is 5.47. The van der Waals surface area contributed by atoms with Crippen LogP contribution in [-0.2, 0) is 11.3 Å². The van der Waals surface area contributed by atoms with E-state index in [1.165, 1.54) is 12.1 Å². The van der Waals surface area contributed by atoms with E-state index in [9.17, 15) is 14.0 Å². The summed E-state index contributed by atoms with van der Waals surface area (Å²) < 4.78 is 21.3. The summed E-state index contributed by atoms with van der Waals surface area (Å²) in [6.45, 7) is 7.88. The minimum atomic E-state index is -0.781. The number of likely N-dealkylation sites (tertiary alicyclic amines) is 1. The molecule has 0 unspecified atom stereocenters. The molecular formula is C23H31FN4O3. The fourth-order valence-electron chi connectivity index (χ4n) is 3.80. The van der Waals surface area contributed by atoms with Gasteiger partial charge in [0.1, 0.15) is 11.4 Å². The molecule has 2 heterocycles. The smallest absolute Gasteiger partial charge is 0.410 e. The van der Waals surface area contributed by atoms with Gasteiger partial charge in [-0.2, -0.15) is 5.10 Å². The number of carbonyl (C=O) groups excluding carboxylic acids is 2. The molecule has 1 aromatic heterocycles. The predicted molar refractivity (Wildman–Crippen MR) is 116 cm³/mol. The maximum absolute atomic E-state index is 14.0. The van der Waals surface area contributed by atoms with Crippen molar-refractivity contribution < 1.29 is 18.7 Å². The van der Waals surface area contributed by atoms with E-state index >= 15 is 0 Å². The number of ether oxygens (including phenoxy) is 1. The number of rotatable bonds is 6. The molecule has 1 saturated heterocycles. The molecule has 1 aromatic carbocycles. The number of amides is 2. The maximum atomic E-state index is 14.0. The predicted octanol–water partition coefficient (Wildman–Crippen LogP) is 4.22. The minimum Gasteiger partial charge on any atom is -0.444 e. The van der Waals surface area contributed by atoms with Gasteiger partial charge >= 0.3 is 6.09 Å². The zero-order valence-electron chi connectivity index (χ0n) is 18.4. The number of nitrogens with zero attached hydrogens (tertiary/aromatic N) is 3. The first kappa shape index (κ1) is 22.8. The number of aromatic nitrogens is 2. The lowest BCUT2D eigenvalue weighted by Crippen LogP contribution is -2.41. The third-order valence-electron chi connectivity index (χ3n) is 5.47. The van der Waals surface area contributed by atoms with Crippen LogP contribution in [0.1, 0.15) is 56.8 Å². The van der Waals surface area contributed by atoms with Gasteiger partial charge in [-0.15, -0.1) is 0 Å². The van der Waals surface area contributed by atoms with Crippen molar-refractivity contribution in [2.45, 2.75) is 58.6 Å². The van der Waals surface area contributed by atoms with Crippen molar-refractivity contribution in [1.29, 1.82) is 0 Å². The molecule has 2 aromatic rings. The van der Waals surface area contributed by atoms with Gasteiger partial charge < -0.3 is 15.4 Å². The summed E-state index contributed by atoms with van der Waals surface area (Å²) in [6.07, 6.45) is 7.36. The van der Waals surface area contributed by atoms with Crippen LogP contribution in [0.4, 0.5) is 9.18 Å². The molecule has 0 saturated carbocycles. The number of benzene rings is 1. The lowest BCUT2D eigenvalue weighted by atomic mass is 9.92. The SMILES string of the molecule is CC(C)(C)OC(=O)N1CCC(CCCn2cc(-c3ccc(C(N)=O)c(F)c3)cn2)CC1. The molecule has 1 fully saturated rings. The first-order valence-electron chi connectivity index (χ1n) is 10.7. The zero-order chi connectivity index (χ0) is 22.6. The van der Waals surface area contributed by atoms with E-state index in [0.29, 0.717) is 11.5 Å². The Labute approximate surface area is 182 Å². The summed E-state index contributed by atoms with van der Waals surface area (Å²) in [5, 5.41) is 4.36. The van der Waals surface area contributed by atoms with Crippen LogP contribution in [0.5, 0.6) is 0 Å². The molecule has 7 nitrogen and oxygen atoms in total. The number of piperidine rings is 1. The highest BCUT2D eigenvalue weighted by atomic mass is 19.1. The lowest BCUT2D eigenvalue weighted by Gasteiger charge is -2.33. The first-order chi connectivity index (χ1) is 14.6. The van der Waals surface area contributed by atoms with Crippen LogP contribution in [0.25, 0.3) is 11.1 Å². The Hall–Kier alpha value is -2.90. The van der Waals surface area contributed by atoms with E-state index in [4.69, 9.17) is 10.5 Å². The number of primary amides is 1. The summed E-state index contributed by atoms with van der Waals surface area (Å²) >= 11 is 0. The van der Waals surface area contributed by atoms with Crippen LogP contribution in [0, 0.1) is 11.7 Å². The Morgan fingerprint density at radius 3 is 2.55 bits per heavy atom. The zero-order valence-corrected chi connectivity index (χ0v) is 18.4. The van der Waals surface area contributed by atoms with Gasteiger partial charge in [0.2, 0.25) is 0 Å². The fourth-order valence-corrected chi connectivity index (χ4v) is 3.80. The molecule has 0 aliphatic carbocycles. The highest BCUT2D eigenvalue weighted by Crippen LogP contribution is 2.25. The number of hydrogen-bond acceptors (Lipinski definition) is 4. The van der Waals surface area contributed by atoms with Crippen molar-refractivity contribution in [1.82, 2.24) is 14.7 Å². The van der Waals surface area contributed by atoms with Crippen LogP contribution in [0.15, 0.2) is 30.6 Å². The summed E-state index contributed by atoms with van der Waals surface area (Å²) in [5.41, 5.74) is 6.01. The van der Waals surface area contributed by atoms with Gasteiger partial charge in [-0.1, -0.05) is 6.07 Å². The molecule has 2 N–H and O–H groups in total. The van der Waals surface area contributed by atoms with Crippen LogP contribution >= 0.6 is 0 Å². The normalized spacial score (nSPS) is 15.2. The molecule has 3 rings (SSSR count). The fraction of sp³-hybridized carbons (Fsp3) is 0.522. The number of carbonyl (C=O) groups is 2. The summed E-state index contributed by atoms with van der Waals surface area (Å²) in [4.78, 5) is 25.1. The molecule has 1 aliphatic rings. The highest BCUT2D eigenvalue weighted by Gasteiger charge is 2.26.